The van der Waals surface area contributed by atoms with Crippen molar-refractivity contribution >= 4 is 23.2 Å². The van der Waals surface area contributed by atoms with Gasteiger partial charge in [0.05, 0.1) is 21.5 Å². The minimum atomic E-state index is -0.655. The Labute approximate surface area is 122 Å². The van der Waals surface area contributed by atoms with E-state index in [0.29, 0.717) is 16.5 Å². The van der Waals surface area contributed by atoms with Crippen molar-refractivity contribution in [1.82, 2.24) is 4.98 Å². The first-order valence-corrected chi connectivity index (χ1v) is 6.56. The van der Waals surface area contributed by atoms with Crippen molar-refractivity contribution in [1.29, 1.82) is 5.26 Å². The number of hydrogen-bond acceptors (Lipinski definition) is 2. The Bertz CT molecular complexity index is 620. The van der Waals surface area contributed by atoms with Crippen molar-refractivity contribution in [2.24, 2.45) is 0 Å². The topological polar surface area (TPSA) is 36.7 Å². The van der Waals surface area contributed by atoms with Crippen molar-refractivity contribution < 1.29 is 0 Å². The molecule has 0 N–H and O–H groups in total. The van der Waals surface area contributed by atoms with Crippen LogP contribution >= 0.6 is 23.2 Å². The van der Waals surface area contributed by atoms with Gasteiger partial charge in [-0.2, -0.15) is 5.26 Å². The number of hydrogen-bond donors (Lipinski definition) is 0. The molecule has 0 fully saturated rings. The summed E-state index contributed by atoms with van der Waals surface area (Å²) in [6.07, 6.45) is 4.06. The van der Waals surface area contributed by atoms with E-state index in [1.807, 2.05) is 25.1 Å². The quantitative estimate of drug-likeness (QED) is 0.839. The Morgan fingerprint density at radius 2 is 2.05 bits per heavy atom. The summed E-state index contributed by atoms with van der Waals surface area (Å²) >= 11 is 11.9. The summed E-state index contributed by atoms with van der Waals surface area (Å²) in [5.41, 5.74) is 1.21. The normalized spacial score (nSPS) is 13.6. The van der Waals surface area contributed by atoms with Gasteiger partial charge >= 0.3 is 0 Å². The zero-order valence-electron chi connectivity index (χ0n) is 10.4. The molecule has 0 saturated heterocycles. The average molecular weight is 291 g/mol. The van der Waals surface area contributed by atoms with Crippen LogP contribution in [0.1, 0.15) is 18.1 Å². The van der Waals surface area contributed by atoms with Crippen LogP contribution in [0, 0.1) is 11.3 Å². The van der Waals surface area contributed by atoms with Crippen LogP contribution in [0.5, 0.6) is 0 Å². The number of pyridine rings is 1. The van der Waals surface area contributed by atoms with E-state index in [9.17, 15) is 5.26 Å². The van der Waals surface area contributed by atoms with E-state index in [-0.39, 0.29) is 0 Å². The zero-order chi connectivity index (χ0) is 13.9. The molecule has 0 bridgehead atoms. The predicted molar refractivity (Wildman–Crippen MR) is 77.4 cm³/mol. The van der Waals surface area contributed by atoms with Gasteiger partial charge < -0.3 is 0 Å². The van der Waals surface area contributed by atoms with Crippen LogP contribution < -0.4 is 0 Å². The first-order valence-electron chi connectivity index (χ1n) is 5.81. The van der Waals surface area contributed by atoms with Gasteiger partial charge in [0.2, 0.25) is 0 Å². The fourth-order valence-electron chi connectivity index (χ4n) is 1.96. The van der Waals surface area contributed by atoms with E-state index < -0.39 is 5.41 Å². The molecule has 2 nitrogen and oxygen atoms in total. The van der Waals surface area contributed by atoms with Gasteiger partial charge in [-0.15, -0.1) is 0 Å². The maximum absolute atomic E-state index is 9.51. The van der Waals surface area contributed by atoms with E-state index in [1.165, 1.54) is 0 Å². The molecule has 0 amide bonds. The second-order valence-corrected chi connectivity index (χ2v) is 5.43. The molecule has 0 spiro atoms. The average Bonchev–Trinajstić information content (AvgIpc) is 2.43. The maximum atomic E-state index is 9.51. The van der Waals surface area contributed by atoms with Crippen molar-refractivity contribution in [3.63, 3.8) is 0 Å². The van der Waals surface area contributed by atoms with Crippen LogP contribution in [-0.4, -0.2) is 4.98 Å². The van der Waals surface area contributed by atoms with Crippen LogP contribution in [0.4, 0.5) is 0 Å². The smallest absolute Gasteiger partial charge is 0.0835 e. The molecule has 1 atom stereocenters. The van der Waals surface area contributed by atoms with Crippen molar-refractivity contribution in [3.05, 3.63) is 63.9 Å². The van der Waals surface area contributed by atoms with Gasteiger partial charge in [-0.25, -0.2) is 0 Å². The lowest BCUT2D eigenvalue weighted by molar-refractivity contribution is 0.605. The molecule has 1 unspecified atom stereocenters. The molecule has 1 aromatic carbocycles. The van der Waals surface area contributed by atoms with Crippen molar-refractivity contribution in [3.8, 4) is 6.07 Å². The van der Waals surface area contributed by atoms with Gasteiger partial charge in [0.25, 0.3) is 0 Å². The minimum absolute atomic E-state index is 0.465. The zero-order valence-corrected chi connectivity index (χ0v) is 11.9. The van der Waals surface area contributed by atoms with Gasteiger partial charge in [-0.3, -0.25) is 4.98 Å². The van der Waals surface area contributed by atoms with E-state index in [2.05, 4.69) is 11.1 Å². The van der Waals surface area contributed by atoms with E-state index >= 15 is 0 Å². The largest absolute Gasteiger partial charge is 0.264 e. The number of aromatic nitrogens is 1. The first-order chi connectivity index (χ1) is 9.05. The van der Waals surface area contributed by atoms with Crippen LogP contribution in [-0.2, 0) is 11.8 Å². The predicted octanol–water partition coefficient (Wildman–Crippen LogP) is 4.41. The van der Waals surface area contributed by atoms with Crippen LogP contribution in [0.3, 0.4) is 0 Å². The second-order valence-electron chi connectivity index (χ2n) is 4.61. The lowest BCUT2D eigenvalue weighted by Crippen LogP contribution is -2.22. The molecule has 1 heterocycles. The Kier molecular flexibility index (Phi) is 4.09. The molecule has 0 aliphatic carbocycles. The standard InChI is InChI=1S/C15H12Cl2N2/c1-15(10-18,8-11-3-2-6-19-9-11)12-4-5-13(16)14(17)7-12/h2-7,9H,8H2,1H3. The molecule has 2 rings (SSSR count). The number of benzene rings is 1. The van der Waals surface area contributed by atoms with E-state index in [4.69, 9.17) is 23.2 Å². The third-order valence-corrected chi connectivity index (χ3v) is 3.82. The van der Waals surface area contributed by atoms with Crippen LogP contribution in [0.25, 0.3) is 0 Å². The Morgan fingerprint density at radius 1 is 1.26 bits per heavy atom. The van der Waals surface area contributed by atoms with Gasteiger partial charge in [0.1, 0.15) is 0 Å². The summed E-state index contributed by atoms with van der Waals surface area (Å²) in [4.78, 5) is 4.07. The fraction of sp³-hybridized carbons (Fsp3) is 0.200. The van der Waals surface area contributed by atoms with Gasteiger partial charge in [-0.1, -0.05) is 35.3 Å². The summed E-state index contributed by atoms with van der Waals surface area (Å²) in [6.45, 7) is 1.89. The molecule has 96 valence electrons. The SMILES string of the molecule is CC(C#N)(Cc1cccnc1)c1ccc(Cl)c(Cl)c1. The Morgan fingerprint density at radius 3 is 2.63 bits per heavy atom. The van der Waals surface area contributed by atoms with Crippen molar-refractivity contribution in [2.75, 3.05) is 0 Å². The van der Waals surface area contributed by atoms with Gasteiger partial charge in [-0.05, 0) is 42.7 Å². The van der Waals surface area contributed by atoms with E-state index in [0.717, 1.165) is 11.1 Å². The highest BCUT2D eigenvalue weighted by molar-refractivity contribution is 6.42. The third kappa shape index (κ3) is 3.07. The Hall–Kier alpha value is -1.56. The molecule has 0 radical (unpaired) electrons. The van der Waals surface area contributed by atoms with Crippen LogP contribution in [0.15, 0.2) is 42.7 Å². The summed E-state index contributed by atoms with van der Waals surface area (Å²) < 4.78 is 0. The highest BCUT2D eigenvalue weighted by Gasteiger charge is 2.27. The second kappa shape index (κ2) is 5.61. The molecule has 0 saturated carbocycles. The number of nitriles is 1. The summed E-state index contributed by atoms with van der Waals surface area (Å²) in [5.74, 6) is 0. The number of nitrogens with zero attached hydrogens (tertiary/aromatic N) is 2. The molecule has 1 aromatic heterocycles. The monoisotopic (exact) mass is 290 g/mol. The molecular weight excluding hydrogens is 279 g/mol. The number of halogens is 2. The highest BCUT2D eigenvalue weighted by atomic mass is 35.5. The molecule has 4 heteroatoms. The van der Waals surface area contributed by atoms with Gasteiger partial charge in [0, 0.05) is 12.4 Å². The van der Waals surface area contributed by atoms with Crippen LogP contribution in [0.2, 0.25) is 10.0 Å². The summed E-state index contributed by atoms with van der Waals surface area (Å²) in [6, 6.07) is 11.5. The first kappa shape index (κ1) is 13.9. The fourth-order valence-corrected chi connectivity index (χ4v) is 2.25. The Balaban J connectivity index is 2.37. The molecule has 0 aliphatic rings. The molecule has 2 aromatic rings. The molecular formula is C15H12Cl2N2. The highest BCUT2D eigenvalue weighted by Crippen LogP contribution is 2.32. The summed E-state index contributed by atoms with van der Waals surface area (Å²) in [7, 11) is 0. The summed E-state index contributed by atoms with van der Waals surface area (Å²) in [5, 5.41) is 10.5. The van der Waals surface area contributed by atoms with E-state index in [1.54, 1.807) is 24.5 Å². The lowest BCUT2D eigenvalue weighted by atomic mass is 9.79. The third-order valence-electron chi connectivity index (χ3n) is 3.08. The maximum Gasteiger partial charge on any atom is 0.0835 e. The lowest BCUT2D eigenvalue weighted by Gasteiger charge is -2.22. The number of rotatable bonds is 3. The van der Waals surface area contributed by atoms with Gasteiger partial charge in [0.15, 0.2) is 0 Å². The molecule has 0 aliphatic heterocycles. The van der Waals surface area contributed by atoms with Crippen molar-refractivity contribution in [2.45, 2.75) is 18.8 Å². The molecule has 19 heavy (non-hydrogen) atoms. The minimum Gasteiger partial charge on any atom is -0.264 e.